The molecular formula is C18H26N4O3. The highest BCUT2D eigenvalue weighted by Crippen LogP contribution is 2.44. The van der Waals surface area contributed by atoms with Gasteiger partial charge in [-0.15, -0.1) is 0 Å². The molecule has 3 rings (SSSR count). The average molecular weight is 346 g/mol. The van der Waals surface area contributed by atoms with E-state index in [0.29, 0.717) is 5.56 Å². The predicted octanol–water partition coefficient (Wildman–Crippen LogP) is 1.34. The van der Waals surface area contributed by atoms with Crippen LogP contribution in [0.15, 0.2) is 18.3 Å². The van der Waals surface area contributed by atoms with E-state index >= 15 is 0 Å². The SMILES string of the molecule is CCCN1CC2(CCN(c3cc(C(N)=O)ccn3)CC2)C[C@@H]1C(=O)O. The molecule has 1 amide bonds. The van der Waals surface area contributed by atoms with Crippen molar-refractivity contribution in [3.63, 3.8) is 0 Å². The summed E-state index contributed by atoms with van der Waals surface area (Å²) in [6.07, 6.45) is 5.19. The molecule has 0 aliphatic carbocycles. The summed E-state index contributed by atoms with van der Waals surface area (Å²) in [4.78, 5) is 31.6. The van der Waals surface area contributed by atoms with Gasteiger partial charge in [0, 0.05) is 31.4 Å². The van der Waals surface area contributed by atoms with Crippen molar-refractivity contribution in [2.45, 2.75) is 38.6 Å². The van der Waals surface area contributed by atoms with Crippen LogP contribution in [0.25, 0.3) is 0 Å². The van der Waals surface area contributed by atoms with Crippen LogP contribution in [0.4, 0.5) is 5.82 Å². The zero-order valence-electron chi connectivity index (χ0n) is 14.6. The van der Waals surface area contributed by atoms with Gasteiger partial charge in [-0.25, -0.2) is 4.98 Å². The standard InChI is InChI=1S/C18H26N4O3/c1-2-7-22-12-18(11-14(22)17(24)25)4-8-21(9-5-18)15-10-13(16(19)23)3-6-20-15/h3,6,10,14H,2,4-5,7-9,11-12H2,1H3,(H2,19,23)(H,24,25)/t14-/m1/s1. The van der Waals surface area contributed by atoms with Crippen molar-refractivity contribution in [3.8, 4) is 0 Å². The van der Waals surface area contributed by atoms with E-state index in [1.54, 1.807) is 18.3 Å². The number of carboxylic acid groups (broad SMARTS) is 1. The number of piperidine rings is 1. The van der Waals surface area contributed by atoms with E-state index in [-0.39, 0.29) is 11.5 Å². The monoisotopic (exact) mass is 346 g/mol. The molecule has 25 heavy (non-hydrogen) atoms. The van der Waals surface area contributed by atoms with E-state index in [4.69, 9.17) is 5.73 Å². The molecule has 7 heteroatoms. The molecule has 1 aromatic rings. The Labute approximate surface area is 147 Å². The summed E-state index contributed by atoms with van der Waals surface area (Å²) >= 11 is 0. The smallest absolute Gasteiger partial charge is 0.320 e. The minimum absolute atomic E-state index is 0.0794. The second-order valence-corrected chi connectivity index (χ2v) is 7.28. The Morgan fingerprint density at radius 3 is 2.72 bits per heavy atom. The van der Waals surface area contributed by atoms with E-state index in [0.717, 1.165) is 57.7 Å². The molecule has 0 unspecified atom stereocenters. The van der Waals surface area contributed by atoms with Gasteiger partial charge in [0.25, 0.3) is 0 Å². The van der Waals surface area contributed by atoms with Crippen molar-refractivity contribution in [2.75, 3.05) is 31.1 Å². The molecule has 0 bridgehead atoms. The third-order valence-electron chi connectivity index (χ3n) is 5.58. The molecule has 7 nitrogen and oxygen atoms in total. The van der Waals surface area contributed by atoms with E-state index in [1.165, 1.54) is 0 Å². The molecule has 2 aliphatic rings. The number of pyridine rings is 1. The lowest BCUT2D eigenvalue weighted by Crippen LogP contribution is -2.42. The molecule has 1 aromatic heterocycles. The molecular weight excluding hydrogens is 320 g/mol. The van der Waals surface area contributed by atoms with E-state index in [1.807, 2.05) is 0 Å². The molecule has 3 N–H and O–H groups in total. The van der Waals surface area contributed by atoms with E-state index < -0.39 is 11.9 Å². The van der Waals surface area contributed by atoms with Crippen LogP contribution in [0.3, 0.4) is 0 Å². The zero-order valence-corrected chi connectivity index (χ0v) is 14.6. The minimum Gasteiger partial charge on any atom is -0.480 e. The summed E-state index contributed by atoms with van der Waals surface area (Å²) in [6, 6.07) is 3.00. The van der Waals surface area contributed by atoms with Crippen LogP contribution in [-0.2, 0) is 4.79 Å². The number of carbonyl (C=O) groups is 2. The second kappa shape index (κ2) is 7.00. The Kier molecular flexibility index (Phi) is 4.94. The summed E-state index contributed by atoms with van der Waals surface area (Å²) < 4.78 is 0. The summed E-state index contributed by atoms with van der Waals surface area (Å²) in [5.74, 6) is -0.389. The first-order valence-corrected chi connectivity index (χ1v) is 8.92. The third kappa shape index (κ3) is 3.61. The number of nitrogens with zero attached hydrogens (tertiary/aromatic N) is 3. The Balaban J connectivity index is 1.68. The highest BCUT2D eigenvalue weighted by atomic mass is 16.4. The van der Waals surface area contributed by atoms with Crippen LogP contribution in [0.2, 0.25) is 0 Å². The number of hydrogen-bond donors (Lipinski definition) is 2. The van der Waals surface area contributed by atoms with Crippen LogP contribution in [0.1, 0.15) is 43.0 Å². The number of carboxylic acids is 1. The molecule has 136 valence electrons. The maximum absolute atomic E-state index is 11.6. The lowest BCUT2D eigenvalue weighted by atomic mass is 9.76. The van der Waals surface area contributed by atoms with Gasteiger partial charge in [-0.1, -0.05) is 6.92 Å². The Morgan fingerprint density at radius 1 is 1.40 bits per heavy atom. The van der Waals surface area contributed by atoms with Gasteiger partial charge in [0.1, 0.15) is 11.9 Å². The number of hydrogen-bond acceptors (Lipinski definition) is 5. The Morgan fingerprint density at radius 2 is 2.12 bits per heavy atom. The van der Waals surface area contributed by atoms with Gasteiger partial charge in [0.15, 0.2) is 0 Å². The first kappa shape index (κ1) is 17.7. The van der Waals surface area contributed by atoms with Crippen molar-refractivity contribution in [2.24, 2.45) is 11.1 Å². The number of primary amides is 1. The maximum atomic E-state index is 11.6. The van der Waals surface area contributed by atoms with Gasteiger partial charge < -0.3 is 15.7 Å². The van der Waals surface area contributed by atoms with Gasteiger partial charge in [0.2, 0.25) is 5.91 Å². The van der Waals surface area contributed by atoms with Crippen LogP contribution >= 0.6 is 0 Å². The molecule has 0 saturated carbocycles. The number of anilines is 1. The van der Waals surface area contributed by atoms with Crippen LogP contribution in [-0.4, -0.2) is 59.1 Å². The van der Waals surface area contributed by atoms with Gasteiger partial charge in [-0.2, -0.15) is 0 Å². The Bertz CT molecular complexity index is 655. The van der Waals surface area contributed by atoms with Crippen LogP contribution < -0.4 is 10.6 Å². The lowest BCUT2D eigenvalue weighted by Gasteiger charge is -2.40. The maximum Gasteiger partial charge on any atom is 0.320 e. The number of carbonyl (C=O) groups excluding carboxylic acids is 1. The summed E-state index contributed by atoms with van der Waals surface area (Å²) in [6.45, 7) is 5.43. The molecule has 1 spiro atoms. The lowest BCUT2D eigenvalue weighted by molar-refractivity contribution is -0.142. The van der Waals surface area contributed by atoms with Crippen molar-refractivity contribution < 1.29 is 14.7 Å². The van der Waals surface area contributed by atoms with Gasteiger partial charge >= 0.3 is 5.97 Å². The highest BCUT2D eigenvalue weighted by Gasteiger charge is 2.47. The normalized spacial score (nSPS) is 23.1. The molecule has 1 atom stereocenters. The summed E-state index contributed by atoms with van der Waals surface area (Å²) in [7, 11) is 0. The molecule has 3 heterocycles. The zero-order chi connectivity index (χ0) is 18.0. The molecule has 0 aromatic carbocycles. The second-order valence-electron chi connectivity index (χ2n) is 7.28. The van der Waals surface area contributed by atoms with E-state index in [9.17, 15) is 14.7 Å². The minimum atomic E-state index is -0.705. The number of rotatable bonds is 5. The van der Waals surface area contributed by atoms with Crippen molar-refractivity contribution >= 4 is 17.7 Å². The summed E-state index contributed by atoms with van der Waals surface area (Å²) in [5.41, 5.74) is 5.89. The molecule has 2 aliphatic heterocycles. The topological polar surface area (TPSA) is 99.8 Å². The summed E-state index contributed by atoms with van der Waals surface area (Å²) in [5, 5.41) is 9.53. The van der Waals surface area contributed by atoms with Crippen molar-refractivity contribution in [3.05, 3.63) is 23.9 Å². The van der Waals surface area contributed by atoms with Crippen LogP contribution in [0.5, 0.6) is 0 Å². The average Bonchev–Trinajstić information content (AvgIpc) is 2.94. The van der Waals surface area contributed by atoms with Gasteiger partial charge in [0.05, 0.1) is 0 Å². The fraction of sp³-hybridized carbons (Fsp3) is 0.611. The number of aliphatic carboxylic acids is 1. The predicted molar refractivity (Wildman–Crippen MR) is 94.5 cm³/mol. The van der Waals surface area contributed by atoms with Gasteiger partial charge in [-0.3, -0.25) is 14.5 Å². The molecule has 2 fully saturated rings. The van der Waals surface area contributed by atoms with Crippen molar-refractivity contribution in [1.82, 2.24) is 9.88 Å². The number of aromatic nitrogens is 1. The fourth-order valence-electron chi connectivity index (χ4n) is 4.23. The first-order valence-electron chi connectivity index (χ1n) is 8.92. The largest absolute Gasteiger partial charge is 0.480 e. The Hall–Kier alpha value is -2.15. The van der Waals surface area contributed by atoms with Crippen LogP contribution in [0, 0.1) is 5.41 Å². The van der Waals surface area contributed by atoms with E-state index in [2.05, 4.69) is 21.7 Å². The number of likely N-dealkylation sites (tertiary alicyclic amines) is 1. The molecule has 0 radical (unpaired) electrons. The third-order valence-corrected chi connectivity index (χ3v) is 5.58. The van der Waals surface area contributed by atoms with Gasteiger partial charge in [-0.05, 0) is 49.8 Å². The fourth-order valence-corrected chi connectivity index (χ4v) is 4.23. The van der Waals surface area contributed by atoms with Crippen molar-refractivity contribution in [1.29, 1.82) is 0 Å². The number of amides is 1. The highest BCUT2D eigenvalue weighted by molar-refractivity contribution is 5.93. The quantitative estimate of drug-likeness (QED) is 0.834. The number of nitrogens with two attached hydrogens (primary N) is 1. The molecule has 2 saturated heterocycles. The first-order chi connectivity index (χ1) is 11.9.